The van der Waals surface area contributed by atoms with Crippen molar-refractivity contribution in [2.75, 3.05) is 25.0 Å². The van der Waals surface area contributed by atoms with Gasteiger partial charge in [0.05, 0.1) is 6.61 Å². The second kappa shape index (κ2) is 9.28. The van der Waals surface area contributed by atoms with Gasteiger partial charge in [-0.3, -0.25) is 4.79 Å². The lowest BCUT2D eigenvalue weighted by atomic mass is 10.0. The number of ether oxygens (including phenoxy) is 1. The van der Waals surface area contributed by atoms with Crippen molar-refractivity contribution in [2.45, 2.75) is 25.7 Å². The third-order valence-electron chi connectivity index (χ3n) is 4.86. The predicted octanol–water partition coefficient (Wildman–Crippen LogP) is 4.52. The fraction of sp³-hybridized carbons (Fsp3) is 0.261. The van der Waals surface area contributed by atoms with Gasteiger partial charge in [-0.15, -0.1) is 0 Å². The number of nitrogens with zero attached hydrogens (tertiary/aromatic N) is 1. The van der Waals surface area contributed by atoms with E-state index in [1.807, 2.05) is 36.4 Å². The molecule has 1 amide bonds. The number of carbonyl (C=O) groups is 1. The third kappa shape index (κ3) is 4.32. The zero-order chi connectivity index (χ0) is 21.7. The van der Waals surface area contributed by atoms with Gasteiger partial charge in [-0.1, -0.05) is 50.2 Å². The summed E-state index contributed by atoms with van der Waals surface area (Å²) in [6.07, 6.45) is 0. The Hall–Kier alpha value is -2.90. The average Bonchev–Trinajstić information content (AvgIpc) is 2.75. The van der Waals surface area contributed by atoms with Gasteiger partial charge in [-0.05, 0) is 42.0 Å². The summed E-state index contributed by atoms with van der Waals surface area (Å²) in [5, 5.41) is 4.62. The monoisotopic (exact) mass is 426 g/mol. The van der Waals surface area contributed by atoms with E-state index in [1.54, 1.807) is 39.0 Å². The van der Waals surface area contributed by atoms with Crippen molar-refractivity contribution in [3.8, 4) is 5.75 Å². The Bertz CT molecular complexity index is 1150. The van der Waals surface area contributed by atoms with E-state index < -0.39 is 10.0 Å². The molecule has 1 N–H and O–H groups in total. The second-order valence-electron chi connectivity index (χ2n) is 6.66. The highest BCUT2D eigenvalue weighted by atomic mass is 32.2. The van der Waals surface area contributed by atoms with Gasteiger partial charge in [-0.25, -0.2) is 8.42 Å². The van der Waals surface area contributed by atoms with Gasteiger partial charge < -0.3 is 10.1 Å². The molecule has 158 valence electrons. The minimum absolute atomic E-state index is 0.0452. The molecule has 3 rings (SSSR count). The highest BCUT2D eigenvalue weighted by Gasteiger charge is 2.26. The van der Waals surface area contributed by atoms with Crippen LogP contribution in [0, 0.1) is 0 Å². The molecule has 0 radical (unpaired) electrons. The van der Waals surface area contributed by atoms with E-state index in [2.05, 4.69) is 5.32 Å². The molecule has 0 atom stereocenters. The Kier molecular flexibility index (Phi) is 6.74. The van der Waals surface area contributed by atoms with Crippen LogP contribution in [0.1, 0.15) is 31.1 Å². The first kappa shape index (κ1) is 21.8. The summed E-state index contributed by atoms with van der Waals surface area (Å²) < 4.78 is 33.1. The van der Waals surface area contributed by atoms with E-state index in [0.717, 1.165) is 10.8 Å². The van der Waals surface area contributed by atoms with Crippen LogP contribution in [0.4, 0.5) is 5.69 Å². The summed E-state index contributed by atoms with van der Waals surface area (Å²) in [6, 6.07) is 17.8. The van der Waals surface area contributed by atoms with Crippen molar-refractivity contribution in [3.63, 3.8) is 0 Å². The summed E-state index contributed by atoms with van der Waals surface area (Å²) in [5.74, 6) is -0.0327. The molecule has 3 aromatic rings. The highest BCUT2D eigenvalue weighted by molar-refractivity contribution is 7.89. The maximum absolute atomic E-state index is 13.1. The minimum atomic E-state index is -3.75. The Labute approximate surface area is 177 Å². The predicted molar refractivity (Wildman–Crippen MR) is 120 cm³/mol. The lowest BCUT2D eigenvalue weighted by molar-refractivity contribution is 0.102. The number of anilines is 1. The standard InChI is InChI=1S/C23H26N2O4S/c1-4-25(5-2)30(27,28)22-16-18(14-15-21(22)29-6-3)24-23(26)20-13-9-11-17-10-7-8-12-19(17)20/h7-16H,4-6H2,1-3H3,(H,24,26). The SMILES string of the molecule is CCOc1ccc(NC(=O)c2cccc3ccccc23)cc1S(=O)(=O)N(CC)CC. The summed E-state index contributed by atoms with van der Waals surface area (Å²) in [4.78, 5) is 13.0. The van der Waals surface area contributed by atoms with Gasteiger partial charge in [0, 0.05) is 24.3 Å². The van der Waals surface area contributed by atoms with Crippen molar-refractivity contribution >= 4 is 32.4 Å². The van der Waals surface area contributed by atoms with Crippen LogP contribution in [0.15, 0.2) is 65.6 Å². The maximum Gasteiger partial charge on any atom is 0.256 e. The van der Waals surface area contributed by atoms with Gasteiger partial charge in [-0.2, -0.15) is 4.31 Å². The topological polar surface area (TPSA) is 75.7 Å². The molecule has 0 aliphatic rings. The Morgan fingerprint density at radius 1 is 0.967 bits per heavy atom. The number of hydrogen-bond donors (Lipinski definition) is 1. The first-order chi connectivity index (χ1) is 14.4. The molecule has 3 aromatic carbocycles. The van der Waals surface area contributed by atoms with Crippen molar-refractivity contribution in [1.82, 2.24) is 4.31 Å². The van der Waals surface area contributed by atoms with Crippen molar-refractivity contribution in [1.29, 1.82) is 0 Å². The smallest absolute Gasteiger partial charge is 0.256 e. The Morgan fingerprint density at radius 3 is 2.37 bits per heavy atom. The van der Waals surface area contributed by atoms with Crippen molar-refractivity contribution < 1.29 is 17.9 Å². The first-order valence-electron chi connectivity index (χ1n) is 9.98. The molecular weight excluding hydrogens is 400 g/mol. The van der Waals surface area contributed by atoms with Gasteiger partial charge >= 0.3 is 0 Å². The molecule has 30 heavy (non-hydrogen) atoms. The van der Waals surface area contributed by atoms with E-state index >= 15 is 0 Å². The largest absolute Gasteiger partial charge is 0.492 e. The van der Waals surface area contributed by atoms with Crippen LogP contribution in [0.3, 0.4) is 0 Å². The Balaban J connectivity index is 2.00. The van der Waals surface area contributed by atoms with Gasteiger partial charge in [0.15, 0.2) is 0 Å². The molecule has 0 spiro atoms. The second-order valence-corrected chi connectivity index (χ2v) is 8.57. The average molecular weight is 427 g/mol. The number of fused-ring (bicyclic) bond motifs is 1. The van der Waals surface area contributed by atoms with Crippen molar-refractivity contribution in [3.05, 3.63) is 66.2 Å². The quantitative estimate of drug-likeness (QED) is 0.575. The number of benzene rings is 3. The molecule has 6 nitrogen and oxygen atoms in total. The van der Waals surface area contributed by atoms with Crippen LogP contribution >= 0.6 is 0 Å². The number of hydrogen-bond acceptors (Lipinski definition) is 4. The van der Waals surface area contributed by atoms with Crippen LogP contribution in [0.2, 0.25) is 0 Å². The van der Waals surface area contributed by atoms with E-state index in [1.165, 1.54) is 10.4 Å². The van der Waals surface area contributed by atoms with Crippen LogP contribution in [0.25, 0.3) is 10.8 Å². The van der Waals surface area contributed by atoms with E-state index in [0.29, 0.717) is 30.9 Å². The summed E-state index contributed by atoms with van der Waals surface area (Å²) >= 11 is 0. The number of nitrogens with one attached hydrogen (secondary N) is 1. The first-order valence-corrected chi connectivity index (χ1v) is 11.4. The number of carbonyl (C=O) groups excluding carboxylic acids is 1. The molecule has 7 heteroatoms. The number of rotatable bonds is 8. The van der Waals surface area contributed by atoms with Crippen LogP contribution in [0.5, 0.6) is 5.75 Å². The van der Waals surface area contributed by atoms with E-state index in [9.17, 15) is 13.2 Å². The zero-order valence-electron chi connectivity index (χ0n) is 17.4. The molecule has 0 saturated heterocycles. The van der Waals surface area contributed by atoms with Crippen molar-refractivity contribution in [2.24, 2.45) is 0 Å². The molecule has 0 unspecified atom stereocenters. The molecule has 0 aliphatic carbocycles. The molecular formula is C23H26N2O4S. The number of amides is 1. The van der Waals surface area contributed by atoms with Gasteiger partial charge in [0.2, 0.25) is 10.0 Å². The summed E-state index contributed by atoms with van der Waals surface area (Å²) in [7, 11) is -3.75. The summed E-state index contributed by atoms with van der Waals surface area (Å²) in [5.41, 5.74) is 0.914. The zero-order valence-corrected chi connectivity index (χ0v) is 18.2. The van der Waals surface area contributed by atoms with Crippen LogP contribution in [-0.2, 0) is 10.0 Å². The highest BCUT2D eigenvalue weighted by Crippen LogP contribution is 2.30. The van der Waals surface area contributed by atoms with Gasteiger partial charge in [0.1, 0.15) is 10.6 Å². The number of sulfonamides is 1. The molecule has 0 fully saturated rings. The van der Waals surface area contributed by atoms with Crippen LogP contribution < -0.4 is 10.1 Å². The molecule has 0 saturated carbocycles. The summed E-state index contributed by atoms with van der Waals surface area (Å²) in [6.45, 7) is 6.39. The van der Waals surface area contributed by atoms with Gasteiger partial charge in [0.25, 0.3) is 5.91 Å². The Morgan fingerprint density at radius 2 is 1.67 bits per heavy atom. The normalized spacial score (nSPS) is 11.6. The third-order valence-corrected chi connectivity index (χ3v) is 6.93. The lowest BCUT2D eigenvalue weighted by Crippen LogP contribution is -2.31. The maximum atomic E-state index is 13.1. The fourth-order valence-corrected chi connectivity index (χ4v) is 5.00. The van der Waals surface area contributed by atoms with E-state index in [4.69, 9.17) is 4.74 Å². The molecule has 0 bridgehead atoms. The minimum Gasteiger partial charge on any atom is -0.492 e. The molecule has 0 aromatic heterocycles. The lowest BCUT2D eigenvalue weighted by Gasteiger charge is -2.21. The fourth-order valence-electron chi connectivity index (χ4n) is 3.39. The van der Waals surface area contributed by atoms with E-state index in [-0.39, 0.29) is 16.6 Å². The van der Waals surface area contributed by atoms with Crippen LogP contribution in [-0.4, -0.2) is 38.3 Å². The molecule has 0 heterocycles. The molecule has 0 aliphatic heterocycles.